The van der Waals surface area contributed by atoms with E-state index in [4.69, 9.17) is 25.5 Å². The fraction of sp³-hybridized carbons (Fsp3) is 0.211. The molecule has 0 aliphatic carbocycles. The Morgan fingerprint density at radius 1 is 1.23 bits per heavy atom. The Bertz CT molecular complexity index is 1030. The molecule has 0 unspecified atom stereocenters. The minimum Gasteiger partial charge on any atom is -0.497 e. The molecule has 7 heteroatoms. The molecule has 0 fully saturated rings. The molecule has 0 bridgehead atoms. The van der Waals surface area contributed by atoms with Crippen molar-refractivity contribution in [2.75, 3.05) is 7.11 Å². The lowest BCUT2D eigenvalue weighted by Gasteiger charge is -2.10. The summed E-state index contributed by atoms with van der Waals surface area (Å²) in [4.78, 5) is 28.0. The van der Waals surface area contributed by atoms with Crippen LogP contribution in [0.4, 0.5) is 0 Å². The summed E-state index contributed by atoms with van der Waals surface area (Å²) in [6.07, 6.45) is 0. The van der Waals surface area contributed by atoms with Crippen molar-refractivity contribution in [2.24, 2.45) is 0 Å². The predicted octanol–water partition coefficient (Wildman–Crippen LogP) is 3.82. The number of aryl methyl sites for hydroxylation is 2. The third-order valence-corrected chi connectivity index (χ3v) is 4.28. The number of rotatable bonds is 4. The summed E-state index contributed by atoms with van der Waals surface area (Å²) in [5, 5.41) is 1.09. The Balaban J connectivity index is 1.84. The third kappa shape index (κ3) is 3.55. The van der Waals surface area contributed by atoms with E-state index >= 15 is 0 Å². The SMILES string of the molecule is COc1ccc2cc(COC(=O)c3c(C)cc(=O)oc3C)c(Cl)nc2c1. The van der Waals surface area contributed by atoms with Gasteiger partial charge < -0.3 is 13.9 Å². The quantitative estimate of drug-likeness (QED) is 0.511. The topological polar surface area (TPSA) is 78.6 Å². The Kier molecular flexibility index (Phi) is 4.95. The lowest BCUT2D eigenvalue weighted by Crippen LogP contribution is -2.13. The van der Waals surface area contributed by atoms with Gasteiger partial charge in [-0.15, -0.1) is 0 Å². The molecule has 0 spiro atoms. The number of fused-ring (bicyclic) bond motifs is 1. The molecule has 2 heterocycles. The molecule has 26 heavy (non-hydrogen) atoms. The van der Waals surface area contributed by atoms with Gasteiger partial charge in [-0.05, 0) is 37.6 Å². The number of benzene rings is 1. The van der Waals surface area contributed by atoms with Gasteiger partial charge in [0, 0.05) is 23.1 Å². The summed E-state index contributed by atoms with van der Waals surface area (Å²) in [6.45, 7) is 3.14. The van der Waals surface area contributed by atoms with Gasteiger partial charge in [0.15, 0.2) is 0 Å². The molecule has 3 aromatic rings. The third-order valence-electron chi connectivity index (χ3n) is 3.95. The zero-order chi connectivity index (χ0) is 18.8. The lowest BCUT2D eigenvalue weighted by molar-refractivity contribution is 0.0467. The van der Waals surface area contributed by atoms with E-state index in [0.29, 0.717) is 22.4 Å². The second-order valence-corrected chi connectivity index (χ2v) is 6.11. The Hall–Kier alpha value is -2.86. The van der Waals surface area contributed by atoms with E-state index in [9.17, 15) is 9.59 Å². The first-order chi connectivity index (χ1) is 12.4. The average Bonchev–Trinajstić information content (AvgIpc) is 2.58. The number of methoxy groups -OCH3 is 1. The summed E-state index contributed by atoms with van der Waals surface area (Å²) in [7, 11) is 1.58. The van der Waals surface area contributed by atoms with Gasteiger partial charge in [-0.25, -0.2) is 14.6 Å². The van der Waals surface area contributed by atoms with E-state index < -0.39 is 11.6 Å². The maximum atomic E-state index is 12.4. The lowest BCUT2D eigenvalue weighted by atomic mass is 10.1. The maximum Gasteiger partial charge on any atom is 0.342 e. The predicted molar refractivity (Wildman–Crippen MR) is 96.9 cm³/mol. The summed E-state index contributed by atoms with van der Waals surface area (Å²) < 4.78 is 15.5. The van der Waals surface area contributed by atoms with Crippen LogP contribution >= 0.6 is 11.6 Å². The van der Waals surface area contributed by atoms with Gasteiger partial charge in [-0.1, -0.05) is 11.6 Å². The highest BCUT2D eigenvalue weighted by molar-refractivity contribution is 6.30. The van der Waals surface area contributed by atoms with Crippen LogP contribution in [0, 0.1) is 13.8 Å². The highest BCUT2D eigenvalue weighted by Crippen LogP contribution is 2.25. The van der Waals surface area contributed by atoms with E-state index in [1.165, 1.54) is 6.07 Å². The van der Waals surface area contributed by atoms with Crippen LogP contribution in [0.3, 0.4) is 0 Å². The van der Waals surface area contributed by atoms with Gasteiger partial charge in [-0.3, -0.25) is 0 Å². The van der Waals surface area contributed by atoms with E-state index in [1.807, 2.05) is 18.2 Å². The zero-order valence-electron chi connectivity index (χ0n) is 14.5. The molecule has 2 aromatic heterocycles. The van der Waals surface area contributed by atoms with Crippen molar-refractivity contribution < 1.29 is 18.7 Å². The van der Waals surface area contributed by atoms with Crippen molar-refractivity contribution in [2.45, 2.75) is 20.5 Å². The number of pyridine rings is 1. The van der Waals surface area contributed by atoms with Crippen LogP contribution in [0.1, 0.15) is 27.2 Å². The minimum absolute atomic E-state index is 0.0510. The van der Waals surface area contributed by atoms with E-state index in [-0.39, 0.29) is 23.1 Å². The van der Waals surface area contributed by atoms with Crippen molar-refractivity contribution in [1.82, 2.24) is 4.98 Å². The molecule has 0 amide bonds. The van der Waals surface area contributed by atoms with Crippen molar-refractivity contribution >= 4 is 28.5 Å². The molecule has 0 saturated carbocycles. The van der Waals surface area contributed by atoms with Crippen molar-refractivity contribution in [3.8, 4) is 5.75 Å². The fourth-order valence-electron chi connectivity index (χ4n) is 2.67. The molecule has 0 radical (unpaired) electrons. The number of aromatic nitrogens is 1. The molecule has 0 atom stereocenters. The Labute approximate surface area is 154 Å². The number of carbonyl (C=O) groups excluding carboxylic acids is 1. The van der Waals surface area contributed by atoms with Crippen LogP contribution in [0.15, 0.2) is 39.5 Å². The molecule has 0 saturated heterocycles. The molecule has 3 rings (SSSR count). The van der Waals surface area contributed by atoms with Crippen LogP contribution in [0.2, 0.25) is 5.15 Å². The second-order valence-electron chi connectivity index (χ2n) is 5.75. The monoisotopic (exact) mass is 373 g/mol. The van der Waals surface area contributed by atoms with E-state index in [0.717, 1.165) is 5.39 Å². The number of ether oxygens (including phenoxy) is 2. The smallest absolute Gasteiger partial charge is 0.342 e. The number of halogens is 1. The first-order valence-corrected chi connectivity index (χ1v) is 8.18. The van der Waals surface area contributed by atoms with Crippen molar-refractivity contribution in [3.05, 3.63) is 68.4 Å². The van der Waals surface area contributed by atoms with Gasteiger partial charge in [0.05, 0.1) is 12.6 Å². The Morgan fingerprint density at radius 3 is 2.69 bits per heavy atom. The second kappa shape index (κ2) is 7.17. The first kappa shape index (κ1) is 17.9. The standard InChI is InChI=1S/C19H16ClNO5/c1-10-6-16(22)26-11(2)17(10)19(23)25-9-13-7-12-4-5-14(24-3)8-15(12)21-18(13)20/h4-8H,9H2,1-3H3. The van der Waals surface area contributed by atoms with Gasteiger partial charge in [0.2, 0.25) is 0 Å². The van der Waals surface area contributed by atoms with Crippen LogP contribution in [-0.2, 0) is 11.3 Å². The number of nitrogens with zero attached hydrogens (tertiary/aromatic N) is 1. The number of hydrogen-bond donors (Lipinski definition) is 0. The summed E-state index contributed by atoms with van der Waals surface area (Å²) in [5.41, 5.74) is 1.48. The highest BCUT2D eigenvalue weighted by atomic mass is 35.5. The molecule has 0 N–H and O–H groups in total. The van der Waals surface area contributed by atoms with E-state index in [2.05, 4.69) is 4.98 Å². The molecule has 6 nitrogen and oxygen atoms in total. The zero-order valence-corrected chi connectivity index (χ0v) is 15.2. The molecule has 134 valence electrons. The van der Waals surface area contributed by atoms with Crippen molar-refractivity contribution in [3.63, 3.8) is 0 Å². The summed E-state index contributed by atoms with van der Waals surface area (Å²) in [5.74, 6) is 0.307. The van der Waals surface area contributed by atoms with Crippen LogP contribution < -0.4 is 10.4 Å². The molecule has 0 aliphatic rings. The number of hydrogen-bond acceptors (Lipinski definition) is 6. The number of carbonyl (C=O) groups is 1. The van der Waals surface area contributed by atoms with Gasteiger partial charge >= 0.3 is 11.6 Å². The summed E-state index contributed by atoms with van der Waals surface area (Å²) >= 11 is 6.21. The highest BCUT2D eigenvalue weighted by Gasteiger charge is 2.17. The minimum atomic E-state index is -0.588. The maximum absolute atomic E-state index is 12.4. The fourth-order valence-corrected chi connectivity index (χ4v) is 2.87. The largest absolute Gasteiger partial charge is 0.497 e. The van der Waals surface area contributed by atoms with Crippen molar-refractivity contribution in [1.29, 1.82) is 0 Å². The first-order valence-electron chi connectivity index (χ1n) is 7.80. The normalized spacial score (nSPS) is 10.8. The van der Waals surface area contributed by atoms with Gasteiger partial charge in [0.1, 0.15) is 28.8 Å². The summed E-state index contributed by atoms with van der Waals surface area (Å²) in [6, 6.07) is 8.49. The van der Waals surface area contributed by atoms with Gasteiger partial charge in [-0.2, -0.15) is 0 Å². The van der Waals surface area contributed by atoms with Crippen LogP contribution in [-0.4, -0.2) is 18.1 Å². The van der Waals surface area contributed by atoms with Crippen LogP contribution in [0.5, 0.6) is 5.75 Å². The molecular weight excluding hydrogens is 358 g/mol. The molecular formula is C19H16ClNO5. The van der Waals surface area contributed by atoms with Crippen LogP contribution in [0.25, 0.3) is 10.9 Å². The molecule has 1 aromatic carbocycles. The molecule has 0 aliphatic heterocycles. The van der Waals surface area contributed by atoms with E-state index in [1.54, 1.807) is 27.0 Å². The number of esters is 1. The Morgan fingerprint density at radius 2 is 2.00 bits per heavy atom. The van der Waals surface area contributed by atoms with Gasteiger partial charge in [0.25, 0.3) is 0 Å². The average molecular weight is 374 g/mol.